The van der Waals surface area contributed by atoms with Crippen LogP contribution in [0.15, 0.2) is 35.7 Å². The lowest BCUT2D eigenvalue weighted by Crippen LogP contribution is -2.15. The van der Waals surface area contributed by atoms with Crippen LogP contribution >= 0.6 is 11.3 Å². The van der Waals surface area contributed by atoms with E-state index in [0.29, 0.717) is 19.6 Å². The summed E-state index contributed by atoms with van der Waals surface area (Å²) < 4.78 is 11.0. The van der Waals surface area contributed by atoms with Crippen LogP contribution in [0.1, 0.15) is 16.4 Å². The van der Waals surface area contributed by atoms with E-state index >= 15 is 0 Å². The summed E-state index contributed by atoms with van der Waals surface area (Å²) in [6.07, 6.45) is 1.71. The minimum Gasteiger partial charge on any atom is -0.486 e. The van der Waals surface area contributed by atoms with Crippen molar-refractivity contribution in [3.8, 4) is 11.5 Å². The number of carbonyl (C=O) groups is 1. The average Bonchev–Trinajstić information content (AvgIpc) is 2.98. The number of fused-ring (bicyclic) bond motifs is 1. The SMILES string of the molecule is O=CC(Cc1ccc2c(c1)OCCO2)c1cccs1. The molecule has 0 amide bonds. The molecule has 0 radical (unpaired) electrons. The Hall–Kier alpha value is -1.81. The van der Waals surface area contributed by atoms with Crippen molar-refractivity contribution in [2.24, 2.45) is 0 Å². The minimum atomic E-state index is -0.0810. The highest BCUT2D eigenvalue weighted by atomic mass is 32.1. The van der Waals surface area contributed by atoms with E-state index in [1.54, 1.807) is 11.3 Å². The van der Waals surface area contributed by atoms with Gasteiger partial charge in [0.05, 0.1) is 5.92 Å². The van der Waals surface area contributed by atoms with Crippen molar-refractivity contribution in [2.75, 3.05) is 13.2 Å². The minimum absolute atomic E-state index is 0.0810. The van der Waals surface area contributed by atoms with Crippen LogP contribution < -0.4 is 9.47 Å². The molecule has 0 N–H and O–H groups in total. The molecule has 3 nitrogen and oxygen atoms in total. The van der Waals surface area contributed by atoms with E-state index < -0.39 is 0 Å². The molecular formula is C15H14O3S. The summed E-state index contributed by atoms with van der Waals surface area (Å²) in [5, 5.41) is 2.00. The maximum atomic E-state index is 11.2. The predicted octanol–water partition coefficient (Wildman–Crippen LogP) is 3.04. The van der Waals surface area contributed by atoms with Crippen molar-refractivity contribution < 1.29 is 14.3 Å². The van der Waals surface area contributed by atoms with Crippen molar-refractivity contribution in [1.29, 1.82) is 0 Å². The molecule has 1 aliphatic rings. The maximum absolute atomic E-state index is 11.2. The molecule has 2 aromatic rings. The summed E-state index contributed by atoms with van der Waals surface area (Å²) >= 11 is 1.62. The number of rotatable bonds is 4. The summed E-state index contributed by atoms with van der Waals surface area (Å²) in [6, 6.07) is 9.86. The topological polar surface area (TPSA) is 35.5 Å². The number of aldehydes is 1. The number of ether oxygens (including phenoxy) is 2. The van der Waals surface area contributed by atoms with Gasteiger partial charge in [0.15, 0.2) is 11.5 Å². The molecule has 2 heterocycles. The van der Waals surface area contributed by atoms with Crippen molar-refractivity contribution in [1.82, 2.24) is 0 Å². The lowest BCUT2D eigenvalue weighted by atomic mass is 9.99. The van der Waals surface area contributed by atoms with Gasteiger partial charge >= 0.3 is 0 Å². The van der Waals surface area contributed by atoms with Gasteiger partial charge in [0.25, 0.3) is 0 Å². The third-order valence-electron chi connectivity index (χ3n) is 3.14. The second-order valence-corrected chi connectivity index (χ2v) is 5.42. The Morgan fingerprint density at radius 1 is 1.21 bits per heavy atom. The molecule has 0 saturated carbocycles. The van der Waals surface area contributed by atoms with E-state index in [9.17, 15) is 4.79 Å². The summed E-state index contributed by atoms with van der Waals surface area (Å²) in [4.78, 5) is 12.3. The van der Waals surface area contributed by atoms with Gasteiger partial charge in [-0.2, -0.15) is 0 Å². The average molecular weight is 274 g/mol. The van der Waals surface area contributed by atoms with Crippen LogP contribution in [0.4, 0.5) is 0 Å². The fourth-order valence-electron chi connectivity index (χ4n) is 2.19. The molecule has 1 atom stereocenters. The third-order valence-corrected chi connectivity index (χ3v) is 4.14. The van der Waals surface area contributed by atoms with Crippen molar-refractivity contribution in [3.05, 3.63) is 46.2 Å². The number of thiophene rings is 1. The Morgan fingerprint density at radius 2 is 2.05 bits per heavy atom. The van der Waals surface area contributed by atoms with Gasteiger partial charge < -0.3 is 14.3 Å². The first-order valence-electron chi connectivity index (χ1n) is 6.24. The first kappa shape index (κ1) is 12.2. The van der Waals surface area contributed by atoms with Crippen molar-refractivity contribution >= 4 is 17.6 Å². The third kappa shape index (κ3) is 2.63. The normalized spacial score (nSPS) is 14.9. The summed E-state index contributed by atoms with van der Waals surface area (Å²) in [6.45, 7) is 1.18. The molecule has 1 aromatic carbocycles. The maximum Gasteiger partial charge on any atom is 0.161 e. The second kappa shape index (κ2) is 5.45. The highest BCUT2D eigenvalue weighted by Crippen LogP contribution is 2.32. The number of carbonyl (C=O) groups excluding carboxylic acids is 1. The van der Waals surface area contributed by atoms with Crippen LogP contribution in [0.5, 0.6) is 11.5 Å². The smallest absolute Gasteiger partial charge is 0.161 e. The summed E-state index contributed by atoms with van der Waals surface area (Å²) in [5.74, 6) is 1.48. The lowest BCUT2D eigenvalue weighted by Gasteiger charge is -2.19. The number of benzene rings is 1. The van der Waals surface area contributed by atoms with Crippen LogP contribution in [0.3, 0.4) is 0 Å². The van der Waals surface area contributed by atoms with Gasteiger partial charge in [0, 0.05) is 4.88 Å². The highest BCUT2D eigenvalue weighted by molar-refractivity contribution is 7.10. The zero-order chi connectivity index (χ0) is 13.1. The fraction of sp³-hybridized carbons (Fsp3) is 0.267. The number of hydrogen-bond acceptors (Lipinski definition) is 4. The van der Waals surface area contributed by atoms with E-state index in [1.165, 1.54) is 0 Å². The standard InChI is InChI=1S/C15H14O3S/c16-10-12(15-2-1-7-19-15)8-11-3-4-13-14(9-11)18-6-5-17-13/h1-4,7,9-10,12H,5-6,8H2. The van der Waals surface area contributed by atoms with Gasteiger partial charge in [-0.1, -0.05) is 12.1 Å². The highest BCUT2D eigenvalue weighted by Gasteiger charge is 2.16. The van der Waals surface area contributed by atoms with Crippen molar-refractivity contribution in [2.45, 2.75) is 12.3 Å². The Kier molecular flexibility index (Phi) is 3.51. The quantitative estimate of drug-likeness (QED) is 0.804. The predicted molar refractivity (Wildman–Crippen MR) is 74.3 cm³/mol. The van der Waals surface area contributed by atoms with Crippen LogP contribution in [0.2, 0.25) is 0 Å². The molecule has 0 fully saturated rings. The number of hydrogen-bond donors (Lipinski definition) is 0. The van der Waals surface area contributed by atoms with E-state index in [4.69, 9.17) is 9.47 Å². The zero-order valence-electron chi connectivity index (χ0n) is 10.4. The molecule has 19 heavy (non-hydrogen) atoms. The Labute approximate surface area is 115 Å². The summed E-state index contributed by atoms with van der Waals surface area (Å²) in [5.41, 5.74) is 1.09. The largest absolute Gasteiger partial charge is 0.486 e. The van der Waals surface area contributed by atoms with E-state index in [0.717, 1.165) is 28.2 Å². The Bertz CT molecular complexity index is 563. The summed E-state index contributed by atoms with van der Waals surface area (Å²) in [7, 11) is 0. The first-order valence-corrected chi connectivity index (χ1v) is 7.12. The fourth-order valence-corrected chi connectivity index (χ4v) is 2.97. The molecule has 4 heteroatoms. The van der Waals surface area contributed by atoms with Gasteiger partial charge in [0.1, 0.15) is 19.5 Å². The van der Waals surface area contributed by atoms with E-state index in [-0.39, 0.29) is 5.92 Å². The molecule has 1 aromatic heterocycles. The Morgan fingerprint density at radius 3 is 2.79 bits per heavy atom. The van der Waals surface area contributed by atoms with Gasteiger partial charge in [0.2, 0.25) is 0 Å². The monoisotopic (exact) mass is 274 g/mol. The molecule has 0 spiro atoms. The molecule has 1 unspecified atom stereocenters. The molecule has 0 aliphatic carbocycles. The second-order valence-electron chi connectivity index (χ2n) is 4.44. The molecule has 3 rings (SSSR count). The molecular weight excluding hydrogens is 260 g/mol. The molecule has 98 valence electrons. The van der Waals surface area contributed by atoms with Gasteiger partial charge in [-0.3, -0.25) is 0 Å². The first-order chi connectivity index (χ1) is 9.36. The van der Waals surface area contributed by atoms with Crippen LogP contribution in [0, 0.1) is 0 Å². The van der Waals surface area contributed by atoms with Gasteiger partial charge in [-0.15, -0.1) is 11.3 Å². The van der Waals surface area contributed by atoms with Gasteiger partial charge in [-0.05, 0) is 35.6 Å². The molecule has 1 aliphatic heterocycles. The van der Waals surface area contributed by atoms with Crippen molar-refractivity contribution in [3.63, 3.8) is 0 Å². The van der Waals surface area contributed by atoms with Crippen LogP contribution in [0.25, 0.3) is 0 Å². The van der Waals surface area contributed by atoms with Gasteiger partial charge in [-0.25, -0.2) is 0 Å². The van der Waals surface area contributed by atoms with Crippen LogP contribution in [-0.4, -0.2) is 19.5 Å². The lowest BCUT2D eigenvalue weighted by molar-refractivity contribution is -0.109. The molecule has 0 bridgehead atoms. The Balaban J connectivity index is 1.80. The van der Waals surface area contributed by atoms with Crippen LogP contribution in [-0.2, 0) is 11.2 Å². The van der Waals surface area contributed by atoms with E-state index in [1.807, 2.05) is 35.7 Å². The molecule has 0 saturated heterocycles. The van der Waals surface area contributed by atoms with E-state index in [2.05, 4.69) is 0 Å². The zero-order valence-corrected chi connectivity index (χ0v) is 11.2.